The first-order valence-corrected chi connectivity index (χ1v) is 7.99. The number of nitro groups is 2. The van der Waals surface area contributed by atoms with E-state index in [4.69, 9.17) is 4.74 Å². The molecule has 1 aliphatic heterocycles. The van der Waals surface area contributed by atoms with E-state index in [9.17, 15) is 25.0 Å². The summed E-state index contributed by atoms with van der Waals surface area (Å²) in [5, 5.41) is 25.5. The Morgan fingerprint density at radius 3 is 2.32 bits per heavy atom. The van der Waals surface area contributed by atoms with Gasteiger partial charge < -0.3 is 15.0 Å². The predicted octanol–water partition coefficient (Wildman–Crippen LogP) is -1.03. The first-order valence-electron chi connectivity index (χ1n) is 7.99. The molecule has 0 bridgehead atoms. The van der Waals surface area contributed by atoms with Gasteiger partial charge in [-0.1, -0.05) is 18.2 Å². The molecule has 0 unspecified atom stereocenters. The number of hydrogen-bond acceptors (Lipinski definition) is 6. The van der Waals surface area contributed by atoms with Crippen LogP contribution in [0.2, 0.25) is 0 Å². The molecule has 0 saturated carbocycles. The minimum Gasteiger partial charge on any atom is -0.370 e. The highest BCUT2D eigenvalue weighted by Crippen LogP contribution is 2.14. The van der Waals surface area contributed by atoms with Crippen LogP contribution in [0.3, 0.4) is 0 Å². The molecular formula is C15H21N4O6+. The van der Waals surface area contributed by atoms with E-state index >= 15 is 0 Å². The summed E-state index contributed by atoms with van der Waals surface area (Å²) in [5.41, 5.74) is -1.93. The average Bonchev–Trinajstić information content (AvgIpc) is 2.61. The molecule has 0 atom stereocenters. The summed E-state index contributed by atoms with van der Waals surface area (Å²) in [6.07, 6.45) is -0.379. The van der Waals surface area contributed by atoms with Crippen LogP contribution in [0.1, 0.15) is 16.8 Å². The van der Waals surface area contributed by atoms with Gasteiger partial charge in [-0.05, 0) is 12.1 Å². The summed E-state index contributed by atoms with van der Waals surface area (Å²) in [5.74, 6) is -0.417. The fraction of sp³-hybridized carbons (Fsp3) is 0.533. The Balaban J connectivity index is 2.01. The molecule has 0 aliphatic carbocycles. The van der Waals surface area contributed by atoms with Crippen LogP contribution in [0.15, 0.2) is 30.3 Å². The maximum Gasteiger partial charge on any atom is 0.506 e. The van der Waals surface area contributed by atoms with Crippen LogP contribution >= 0.6 is 0 Å². The van der Waals surface area contributed by atoms with Gasteiger partial charge in [0.05, 0.1) is 13.2 Å². The predicted molar refractivity (Wildman–Crippen MR) is 86.5 cm³/mol. The minimum absolute atomic E-state index is 0.153. The summed E-state index contributed by atoms with van der Waals surface area (Å²) in [6.45, 7) is 1.42. The van der Waals surface area contributed by atoms with Crippen molar-refractivity contribution in [3.8, 4) is 0 Å². The summed E-state index contributed by atoms with van der Waals surface area (Å²) in [4.78, 5) is 34.0. The third-order valence-electron chi connectivity index (χ3n) is 4.26. The Morgan fingerprint density at radius 1 is 1.16 bits per heavy atom. The first kappa shape index (κ1) is 18.7. The highest BCUT2D eigenvalue weighted by Gasteiger charge is 2.59. The van der Waals surface area contributed by atoms with E-state index in [-0.39, 0.29) is 19.5 Å². The van der Waals surface area contributed by atoms with Crippen molar-refractivity contribution in [3.05, 3.63) is 56.1 Å². The number of carbonyl (C=O) groups excluding carboxylic acids is 1. The number of nitrogens with zero attached hydrogens (tertiary/aromatic N) is 2. The molecular weight excluding hydrogens is 332 g/mol. The zero-order valence-electron chi connectivity index (χ0n) is 13.7. The summed E-state index contributed by atoms with van der Waals surface area (Å²) in [7, 11) is 0. The van der Waals surface area contributed by atoms with Gasteiger partial charge in [-0.3, -0.25) is 25.0 Å². The lowest BCUT2D eigenvalue weighted by Gasteiger charge is -2.26. The van der Waals surface area contributed by atoms with Gasteiger partial charge in [0.15, 0.2) is 0 Å². The number of ether oxygens (including phenoxy) is 1. The smallest absolute Gasteiger partial charge is 0.370 e. The van der Waals surface area contributed by atoms with Crippen molar-refractivity contribution < 1.29 is 24.3 Å². The molecule has 1 heterocycles. The Bertz CT molecular complexity index is 604. The van der Waals surface area contributed by atoms with E-state index in [1.807, 2.05) is 0 Å². The molecule has 2 rings (SSSR count). The summed E-state index contributed by atoms with van der Waals surface area (Å²) >= 11 is 0. The summed E-state index contributed by atoms with van der Waals surface area (Å²) < 4.78 is 5.18. The van der Waals surface area contributed by atoms with E-state index < -0.39 is 21.4 Å². The lowest BCUT2D eigenvalue weighted by Crippen LogP contribution is -3.16. The van der Waals surface area contributed by atoms with Crippen molar-refractivity contribution in [2.75, 3.05) is 39.4 Å². The Morgan fingerprint density at radius 2 is 1.76 bits per heavy atom. The molecule has 0 spiro atoms. The third kappa shape index (κ3) is 4.70. The number of nitrogens with one attached hydrogen (secondary N) is 2. The fourth-order valence-electron chi connectivity index (χ4n) is 2.77. The second kappa shape index (κ2) is 8.49. The standard InChI is InChI=1S/C15H20N4O6/c20-14(13-4-2-1-3-5-13)16-7-6-15(18(21)22,19(23)24)12-17-8-10-25-11-9-17/h1-5H,6-12H2,(H,16,20)/p+1. The minimum atomic E-state index is -2.32. The largest absolute Gasteiger partial charge is 0.506 e. The Kier molecular flexibility index (Phi) is 6.37. The van der Waals surface area contributed by atoms with E-state index in [0.717, 1.165) is 4.90 Å². The number of morpholine rings is 1. The lowest BCUT2D eigenvalue weighted by molar-refractivity contribution is -0.957. The molecule has 1 saturated heterocycles. The van der Waals surface area contributed by atoms with Crippen LogP contribution in [-0.2, 0) is 4.74 Å². The Hall–Kier alpha value is -2.59. The van der Waals surface area contributed by atoms with Gasteiger partial charge in [-0.25, -0.2) is 0 Å². The van der Waals surface area contributed by atoms with E-state index in [1.165, 1.54) is 0 Å². The summed E-state index contributed by atoms with van der Waals surface area (Å²) in [6, 6.07) is 8.33. The number of quaternary nitrogens is 1. The van der Waals surface area contributed by atoms with Crippen molar-refractivity contribution in [2.24, 2.45) is 0 Å². The van der Waals surface area contributed by atoms with Crippen molar-refractivity contribution in [3.63, 3.8) is 0 Å². The average molecular weight is 353 g/mol. The third-order valence-corrected chi connectivity index (χ3v) is 4.26. The number of hydrogen-bond donors (Lipinski definition) is 2. The quantitative estimate of drug-likeness (QED) is 0.349. The highest BCUT2D eigenvalue weighted by atomic mass is 16.7. The number of rotatable bonds is 8. The normalized spacial score (nSPS) is 15.5. The van der Waals surface area contributed by atoms with E-state index in [2.05, 4.69) is 5.32 Å². The second-order valence-electron chi connectivity index (χ2n) is 5.91. The first-order chi connectivity index (χ1) is 12.0. The molecule has 1 aromatic carbocycles. The number of benzene rings is 1. The van der Waals surface area contributed by atoms with Gasteiger partial charge >= 0.3 is 5.66 Å². The van der Waals surface area contributed by atoms with Gasteiger partial charge in [0, 0.05) is 12.1 Å². The van der Waals surface area contributed by atoms with Crippen molar-refractivity contribution in [2.45, 2.75) is 12.1 Å². The van der Waals surface area contributed by atoms with E-state index in [0.29, 0.717) is 31.9 Å². The molecule has 1 aliphatic rings. The van der Waals surface area contributed by atoms with Crippen LogP contribution in [0, 0.1) is 20.2 Å². The maximum absolute atomic E-state index is 12.0. The Labute approximate surface area is 144 Å². The molecule has 0 radical (unpaired) electrons. The molecule has 1 aromatic rings. The van der Waals surface area contributed by atoms with Crippen LogP contribution < -0.4 is 10.2 Å². The monoisotopic (exact) mass is 353 g/mol. The van der Waals surface area contributed by atoms with E-state index in [1.54, 1.807) is 30.3 Å². The van der Waals surface area contributed by atoms with Crippen molar-refractivity contribution in [1.29, 1.82) is 0 Å². The van der Waals surface area contributed by atoms with Gasteiger partial charge in [0.2, 0.25) is 6.54 Å². The van der Waals surface area contributed by atoms with Crippen molar-refractivity contribution in [1.82, 2.24) is 5.32 Å². The molecule has 0 aromatic heterocycles. The van der Waals surface area contributed by atoms with Gasteiger partial charge in [-0.15, -0.1) is 0 Å². The molecule has 10 nitrogen and oxygen atoms in total. The zero-order chi connectivity index (χ0) is 18.3. The maximum atomic E-state index is 12.0. The van der Waals surface area contributed by atoms with Gasteiger partial charge in [0.1, 0.15) is 29.4 Å². The molecule has 10 heteroatoms. The fourth-order valence-corrected chi connectivity index (χ4v) is 2.77. The topological polar surface area (TPSA) is 129 Å². The molecule has 2 N–H and O–H groups in total. The lowest BCUT2D eigenvalue weighted by atomic mass is 10.1. The zero-order valence-corrected chi connectivity index (χ0v) is 13.7. The van der Waals surface area contributed by atoms with Crippen LogP contribution in [0.5, 0.6) is 0 Å². The molecule has 25 heavy (non-hydrogen) atoms. The van der Waals surface area contributed by atoms with Crippen LogP contribution in [0.25, 0.3) is 0 Å². The molecule has 1 amide bonds. The number of carbonyl (C=O) groups is 1. The van der Waals surface area contributed by atoms with Gasteiger partial charge in [-0.2, -0.15) is 0 Å². The second-order valence-corrected chi connectivity index (χ2v) is 5.91. The van der Waals surface area contributed by atoms with Crippen LogP contribution in [0.4, 0.5) is 0 Å². The molecule has 136 valence electrons. The number of amides is 1. The highest BCUT2D eigenvalue weighted by molar-refractivity contribution is 5.94. The van der Waals surface area contributed by atoms with Crippen molar-refractivity contribution >= 4 is 5.91 Å². The molecule has 1 fully saturated rings. The van der Waals surface area contributed by atoms with Gasteiger partial charge in [0.25, 0.3) is 5.91 Å². The SMILES string of the molecule is O=C(NCCC(C[NH+]1CCOCC1)([N+](=O)[O-])[N+](=O)[O-])c1ccccc1. The van der Waals surface area contributed by atoms with Crippen LogP contribution in [-0.4, -0.2) is 60.8 Å².